The maximum absolute atomic E-state index is 7.34. The zero-order valence-electron chi connectivity index (χ0n) is 14.5. The highest BCUT2D eigenvalue weighted by molar-refractivity contribution is 5.73. The molecule has 1 saturated heterocycles. The second-order valence-electron chi connectivity index (χ2n) is 6.20. The Morgan fingerprint density at radius 2 is 1.92 bits per heavy atom. The molecule has 3 aliphatic heterocycles. The van der Waals surface area contributed by atoms with Gasteiger partial charge in [0.2, 0.25) is 0 Å². The first-order valence-electron chi connectivity index (χ1n) is 8.55. The van der Waals surface area contributed by atoms with E-state index in [4.69, 9.17) is 27.0 Å². The Balaban J connectivity index is 2.02. The van der Waals surface area contributed by atoms with Gasteiger partial charge in [-0.25, -0.2) is 0 Å². The molecule has 0 radical (unpaired) electrons. The van der Waals surface area contributed by atoms with Crippen LogP contribution in [0, 0.1) is 10.8 Å². The number of dihydropyridines is 2. The lowest BCUT2D eigenvalue weighted by Crippen LogP contribution is -2.54. The molecule has 8 heteroatoms. The van der Waals surface area contributed by atoms with Crippen molar-refractivity contribution in [3.63, 3.8) is 0 Å². The summed E-state index contributed by atoms with van der Waals surface area (Å²) < 4.78 is 5.46. The molecule has 26 heavy (non-hydrogen) atoms. The maximum Gasteiger partial charge on any atom is 0.106 e. The monoisotopic (exact) mass is 355 g/mol. The fraction of sp³-hybridized carbons (Fsp3) is 0.333. The Labute approximate surface area is 153 Å². The van der Waals surface area contributed by atoms with Crippen molar-refractivity contribution in [1.29, 1.82) is 10.8 Å². The lowest BCUT2D eigenvalue weighted by molar-refractivity contribution is 0.0205. The van der Waals surface area contributed by atoms with E-state index in [9.17, 15) is 0 Å². The number of nitrogens with zero attached hydrogens (tertiary/aromatic N) is 1. The molecule has 2 unspecified atom stereocenters. The molecule has 8 nitrogen and oxygen atoms in total. The second kappa shape index (κ2) is 8.03. The highest BCUT2D eigenvalue weighted by atomic mass is 16.5. The Morgan fingerprint density at radius 3 is 2.62 bits per heavy atom. The first kappa shape index (κ1) is 18.0. The summed E-state index contributed by atoms with van der Waals surface area (Å²) >= 11 is 0. The first-order chi connectivity index (χ1) is 12.7. The molecule has 3 rings (SSSR count). The molecule has 138 valence electrons. The van der Waals surface area contributed by atoms with Crippen LogP contribution in [0.2, 0.25) is 0 Å². The lowest BCUT2D eigenvalue weighted by Gasteiger charge is -2.40. The zero-order valence-corrected chi connectivity index (χ0v) is 14.5. The molecule has 0 spiro atoms. The standard InChI is InChI=1S/C18H25N7O/c19-4-1-14(21)13-11-16(25-7-9-26-10-8-25)24-17-12(13)3-6-23-18(17)15(22)2-5-20/h1-6,11,16,18-20,23-24H,7-10,21-22H2/b14-1-,15-2-,19-4?,20-5?. The molecular formula is C18H25N7O. The topological polar surface area (TPSA) is 136 Å². The fourth-order valence-electron chi connectivity index (χ4n) is 3.34. The SMILES string of the molecule is N=C/C=C(\N)C1=CC(N2CCOCC2)NC2=C1C=CNC2/C(N)=C/C=N. The summed E-state index contributed by atoms with van der Waals surface area (Å²) in [6.07, 6.45) is 11.3. The average molecular weight is 355 g/mol. The highest BCUT2D eigenvalue weighted by Crippen LogP contribution is 2.30. The van der Waals surface area contributed by atoms with E-state index in [1.54, 1.807) is 12.2 Å². The van der Waals surface area contributed by atoms with Gasteiger partial charge in [-0.2, -0.15) is 0 Å². The minimum atomic E-state index is -0.267. The van der Waals surface area contributed by atoms with Gasteiger partial charge in [0.1, 0.15) is 6.04 Å². The molecule has 0 aromatic heterocycles. The van der Waals surface area contributed by atoms with E-state index in [1.807, 2.05) is 12.3 Å². The summed E-state index contributed by atoms with van der Waals surface area (Å²) in [6.45, 7) is 3.02. The lowest BCUT2D eigenvalue weighted by atomic mass is 9.90. The zero-order chi connectivity index (χ0) is 18.5. The smallest absolute Gasteiger partial charge is 0.106 e. The van der Waals surface area contributed by atoms with Crippen molar-refractivity contribution in [2.24, 2.45) is 11.5 Å². The number of rotatable bonds is 5. The number of hydrogen-bond donors (Lipinski definition) is 6. The van der Waals surface area contributed by atoms with Crippen LogP contribution in [0.5, 0.6) is 0 Å². The van der Waals surface area contributed by atoms with Crippen molar-refractivity contribution in [2.75, 3.05) is 26.3 Å². The van der Waals surface area contributed by atoms with Crippen molar-refractivity contribution in [3.8, 4) is 0 Å². The van der Waals surface area contributed by atoms with Gasteiger partial charge < -0.3 is 37.7 Å². The van der Waals surface area contributed by atoms with Crippen LogP contribution in [0.3, 0.4) is 0 Å². The molecule has 8 N–H and O–H groups in total. The van der Waals surface area contributed by atoms with E-state index >= 15 is 0 Å². The van der Waals surface area contributed by atoms with Gasteiger partial charge in [0, 0.05) is 53.8 Å². The van der Waals surface area contributed by atoms with Crippen molar-refractivity contribution >= 4 is 12.4 Å². The number of nitrogens with one attached hydrogen (secondary N) is 4. The van der Waals surface area contributed by atoms with E-state index < -0.39 is 0 Å². The molecular weight excluding hydrogens is 330 g/mol. The predicted octanol–water partition coefficient (Wildman–Crippen LogP) is -0.102. The second-order valence-corrected chi connectivity index (χ2v) is 6.20. The summed E-state index contributed by atoms with van der Waals surface area (Å²) in [5.74, 6) is 0. The van der Waals surface area contributed by atoms with Gasteiger partial charge in [0.05, 0.1) is 19.4 Å². The van der Waals surface area contributed by atoms with Gasteiger partial charge in [0.25, 0.3) is 0 Å². The minimum Gasteiger partial charge on any atom is -0.400 e. The number of nitrogens with two attached hydrogens (primary N) is 2. The van der Waals surface area contributed by atoms with Crippen molar-refractivity contribution in [3.05, 3.63) is 58.7 Å². The van der Waals surface area contributed by atoms with Crippen molar-refractivity contribution < 1.29 is 4.74 Å². The third-order valence-corrected chi connectivity index (χ3v) is 4.63. The Hall–Kier alpha value is -2.84. The molecule has 0 aromatic rings. The van der Waals surface area contributed by atoms with Crippen molar-refractivity contribution in [2.45, 2.75) is 12.2 Å². The Bertz CT molecular complexity index is 726. The number of morpholine rings is 1. The van der Waals surface area contributed by atoms with Crippen LogP contribution in [0.4, 0.5) is 0 Å². The van der Waals surface area contributed by atoms with Crippen LogP contribution < -0.4 is 22.1 Å². The van der Waals surface area contributed by atoms with Crippen LogP contribution in [-0.2, 0) is 4.74 Å². The first-order valence-corrected chi connectivity index (χ1v) is 8.55. The number of hydrogen-bond acceptors (Lipinski definition) is 8. The van der Waals surface area contributed by atoms with Crippen LogP contribution in [0.25, 0.3) is 0 Å². The maximum atomic E-state index is 7.34. The molecule has 0 amide bonds. The molecule has 1 fully saturated rings. The summed E-state index contributed by atoms with van der Waals surface area (Å²) in [6, 6.07) is -0.267. The Morgan fingerprint density at radius 1 is 1.19 bits per heavy atom. The molecule has 0 aliphatic carbocycles. The van der Waals surface area contributed by atoms with Gasteiger partial charge >= 0.3 is 0 Å². The fourth-order valence-corrected chi connectivity index (χ4v) is 3.34. The number of allylic oxidation sites excluding steroid dienone is 4. The summed E-state index contributed by atoms with van der Waals surface area (Å²) in [5.41, 5.74) is 16.2. The summed E-state index contributed by atoms with van der Waals surface area (Å²) in [5, 5.41) is 21.4. The van der Waals surface area contributed by atoms with Crippen LogP contribution in [0.1, 0.15) is 0 Å². The largest absolute Gasteiger partial charge is 0.400 e. The van der Waals surface area contributed by atoms with Crippen LogP contribution in [-0.4, -0.2) is 55.8 Å². The molecule has 3 aliphatic rings. The normalized spacial score (nSPS) is 27.2. The average Bonchev–Trinajstić information content (AvgIpc) is 2.67. The van der Waals surface area contributed by atoms with Crippen molar-refractivity contribution in [1.82, 2.24) is 15.5 Å². The summed E-state index contributed by atoms with van der Waals surface area (Å²) in [7, 11) is 0. The molecule has 0 aromatic carbocycles. The van der Waals surface area contributed by atoms with Crippen LogP contribution >= 0.6 is 0 Å². The number of ether oxygens (including phenoxy) is 1. The van der Waals surface area contributed by atoms with E-state index in [0.717, 1.165) is 29.9 Å². The van der Waals surface area contributed by atoms with Gasteiger partial charge in [-0.3, -0.25) is 4.90 Å². The van der Waals surface area contributed by atoms with E-state index in [2.05, 4.69) is 21.6 Å². The quantitative estimate of drug-likeness (QED) is 0.381. The van der Waals surface area contributed by atoms with Gasteiger partial charge in [-0.15, -0.1) is 0 Å². The molecule has 3 heterocycles. The third-order valence-electron chi connectivity index (χ3n) is 4.63. The Kier molecular flexibility index (Phi) is 5.55. The minimum absolute atomic E-state index is 0.0473. The highest BCUT2D eigenvalue weighted by Gasteiger charge is 2.32. The molecule has 0 bridgehead atoms. The van der Waals surface area contributed by atoms with E-state index in [0.29, 0.717) is 24.6 Å². The summed E-state index contributed by atoms with van der Waals surface area (Å²) in [4.78, 5) is 2.29. The molecule has 2 atom stereocenters. The van der Waals surface area contributed by atoms with Gasteiger partial charge in [0.15, 0.2) is 0 Å². The van der Waals surface area contributed by atoms with E-state index in [1.165, 1.54) is 12.4 Å². The third kappa shape index (κ3) is 3.56. The van der Waals surface area contributed by atoms with Gasteiger partial charge in [-0.1, -0.05) is 0 Å². The van der Waals surface area contributed by atoms with Gasteiger partial charge in [-0.05, 0) is 30.5 Å². The molecule has 0 saturated carbocycles. The van der Waals surface area contributed by atoms with Crippen LogP contribution in [0.15, 0.2) is 58.7 Å². The van der Waals surface area contributed by atoms with E-state index in [-0.39, 0.29) is 12.2 Å². The predicted molar refractivity (Wildman–Crippen MR) is 103 cm³/mol.